The smallest absolute Gasteiger partial charge is 0.0441 e. The molecule has 1 heterocycles. The molecule has 2 aliphatic carbocycles. The molecule has 0 spiro atoms. The zero-order valence-corrected chi connectivity index (χ0v) is 11.0. The van der Waals surface area contributed by atoms with E-state index in [2.05, 4.69) is 6.92 Å². The molecule has 0 radical (unpaired) electrons. The van der Waals surface area contributed by atoms with Crippen LogP contribution >= 0.6 is 0 Å². The zero-order chi connectivity index (χ0) is 11.7. The maximum atomic E-state index is 5.02. The van der Waals surface area contributed by atoms with Gasteiger partial charge in [-0.15, -0.1) is 0 Å². The Bertz CT molecular complexity index is 420. The number of fused-ring (bicyclic) bond motifs is 3. The van der Waals surface area contributed by atoms with Crippen LogP contribution in [-0.2, 0) is 32.1 Å². The van der Waals surface area contributed by atoms with Crippen molar-refractivity contribution in [2.45, 2.75) is 71.1 Å². The summed E-state index contributed by atoms with van der Waals surface area (Å²) in [6.07, 6.45) is 13.1. The molecule has 0 amide bonds. The molecule has 0 bridgehead atoms. The van der Waals surface area contributed by atoms with Gasteiger partial charge in [-0.2, -0.15) is 0 Å². The summed E-state index contributed by atoms with van der Waals surface area (Å²) in [5, 5.41) is 0. The summed E-state index contributed by atoms with van der Waals surface area (Å²) in [5.41, 5.74) is 7.94. The Morgan fingerprint density at radius 2 is 1.47 bits per heavy atom. The number of aryl methyl sites for hydroxylation is 2. The molecule has 0 fully saturated rings. The molecule has 0 saturated heterocycles. The van der Waals surface area contributed by atoms with Gasteiger partial charge in [0, 0.05) is 11.4 Å². The molecular weight excluding hydrogens is 206 g/mol. The van der Waals surface area contributed by atoms with Crippen LogP contribution in [0.2, 0.25) is 0 Å². The second kappa shape index (κ2) is 4.80. The van der Waals surface area contributed by atoms with E-state index in [9.17, 15) is 0 Å². The average Bonchev–Trinajstić information content (AvgIpc) is 2.39. The number of rotatable bonds is 2. The molecule has 1 nitrogen and oxygen atoms in total. The van der Waals surface area contributed by atoms with Crippen LogP contribution in [0, 0.1) is 0 Å². The Morgan fingerprint density at radius 1 is 0.824 bits per heavy atom. The number of pyridine rings is 1. The lowest BCUT2D eigenvalue weighted by Crippen LogP contribution is -2.17. The molecule has 1 aromatic rings. The predicted octanol–water partition coefficient (Wildman–Crippen LogP) is 3.79. The molecule has 0 aliphatic heterocycles. The van der Waals surface area contributed by atoms with Gasteiger partial charge in [0.1, 0.15) is 0 Å². The van der Waals surface area contributed by atoms with E-state index in [1.807, 2.05) is 0 Å². The topological polar surface area (TPSA) is 12.9 Å². The van der Waals surface area contributed by atoms with Crippen molar-refractivity contribution in [1.29, 1.82) is 0 Å². The number of hydrogen-bond donors (Lipinski definition) is 0. The molecule has 0 N–H and O–H groups in total. The van der Waals surface area contributed by atoms with Crippen molar-refractivity contribution < 1.29 is 0 Å². The maximum absolute atomic E-state index is 5.02. The van der Waals surface area contributed by atoms with E-state index in [1.54, 1.807) is 16.7 Å². The van der Waals surface area contributed by atoms with Gasteiger partial charge in [-0.25, -0.2) is 0 Å². The number of aromatic nitrogens is 1. The molecule has 0 saturated carbocycles. The minimum atomic E-state index is 1.19. The summed E-state index contributed by atoms with van der Waals surface area (Å²) >= 11 is 0. The van der Waals surface area contributed by atoms with Crippen LogP contribution in [0.1, 0.15) is 67.1 Å². The van der Waals surface area contributed by atoms with Crippen molar-refractivity contribution in [2.75, 3.05) is 0 Å². The second-order valence-corrected chi connectivity index (χ2v) is 5.61. The van der Waals surface area contributed by atoms with Crippen molar-refractivity contribution >= 4 is 0 Å². The van der Waals surface area contributed by atoms with E-state index in [0.29, 0.717) is 0 Å². The summed E-state index contributed by atoms with van der Waals surface area (Å²) in [6.45, 7) is 2.27. The van der Waals surface area contributed by atoms with Crippen molar-refractivity contribution in [1.82, 2.24) is 4.98 Å². The van der Waals surface area contributed by atoms with Gasteiger partial charge in [0.25, 0.3) is 0 Å². The number of hydrogen-bond acceptors (Lipinski definition) is 1. The monoisotopic (exact) mass is 229 g/mol. The Labute approximate surface area is 105 Å². The van der Waals surface area contributed by atoms with Crippen LogP contribution in [-0.4, -0.2) is 4.98 Å². The molecule has 3 rings (SSSR count). The lowest BCUT2D eigenvalue weighted by molar-refractivity contribution is 0.613. The Hall–Kier alpha value is -0.850. The standard InChI is InChI=1S/C16H23N/c1-2-7-15-13-9-4-3-8-12(13)14-10-5-6-11-16(14)17-15/h2-11H2,1H3. The van der Waals surface area contributed by atoms with Crippen molar-refractivity contribution in [3.05, 3.63) is 28.1 Å². The molecular formula is C16H23N. The van der Waals surface area contributed by atoms with E-state index in [-0.39, 0.29) is 0 Å². The van der Waals surface area contributed by atoms with Crippen LogP contribution in [0.15, 0.2) is 0 Å². The summed E-state index contributed by atoms with van der Waals surface area (Å²) in [7, 11) is 0. The summed E-state index contributed by atoms with van der Waals surface area (Å²) in [5.74, 6) is 0. The first kappa shape index (κ1) is 11.3. The Morgan fingerprint density at radius 3 is 2.24 bits per heavy atom. The molecule has 17 heavy (non-hydrogen) atoms. The number of nitrogens with zero attached hydrogens (tertiary/aromatic N) is 1. The highest BCUT2D eigenvalue weighted by Crippen LogP contribution is 2.32. The van der Waals surface area contributed by atoms with Crippen LogP contribution in [0.5, 0.6) is 0 Å². The quantitative estimate of drug-likeness (QED) is 0.752. The van der Waals surface area contributed by atoms with Gasteiger partial charge < -0.3 is 0 Å². The van der Waals surface area contributed by atoms with Crippen LogP contribution in [0.25, 0.3) is 0 Å². The highest BCUT2D eigenvalue weighted by atomic mass is 14.7. The fourth-order valence-corrected chi connectivity index (χ4v) is 3.57. The van der Waals surface area contributed by atoms with Crippen molar-refractivity contribution in [2.24, 2.45) is 0 Å². The van der Waals surface area contributed by atoms with Gasteiger partial charge in [0.15, 0.2) is 0 Å². The second-order valence-electron chi connectivity index (χ2n) is 5.61. The van der Waals surface area contributed by atoms with Gasteiger partial charge >= 0.3 is 0 Å². The molecule has 92 valence electrons. The third kappa shape index (κ3) is 2.00. The predicted molar refractivity (Wildman–Crippen MR) is 71.5 cm³/mol. The molecule has 0 aromatic carbocycles. The van der Waals surface area contributed by atoms with E-state index in [0.717, 1.165) is 0 Å². The molecule has 1 aromatic heterocycles. The summed E-state index contributed by atoms with van der Waals surface area (Å²) in [6, 6.07) is 0. The first-order valence-electron chi connectivity index (χ1n) is 7.42. The fraction of sp³-hybridized carbons (Fsp3) is 0.688. The highest BCUT2D eigenvalue weighted by Gasteiger charge is 2.22. The lowest BCUT2D eigenvalue weighted by Gasteiger charge is -2.27. The Kier molecular flexibility index (Phi) is 3.17. The highest BCUT2D eigenvalue weighted by molar-refractivity contribution is 5.43. The zero-order valence-electron chi connectivity index (χ0n) is 11.0. The van der Waals surface area contributed by atoms with E-state index in [4.69, 9.17) is 4.98 Å². The largest absolute Gasteiger partial charge is 0.257 e. The van der Waals surface area contributed by atoms with E-state index < -0.39 is 0 Å². The van der Waals surface area contributed by atoms with Crippen LogP contribution < -0.4 is 0 Å². The minimum Gasteiger partial charge on any atom is -0.257 e. The Balaban J connectivity index is 2.11. The van der Waals surface area contributed by atoms with E-state index >= 15 is 0 Å². The van der Waals surface area contributed by atoms with Gasteiger partial charge in [-0.05, 0) is 74.5 Å². The fourth-order valence-electron chi connectivity index (χ4n) is 3.57. The minimum absolute atomic E-state index is 1.19. The molecule has 0 unspecified atom stereocenters. The maximum Gasteiger partial charge on any atom is 0.0441 e. The first-order chi connectivity index (χ1) is 8.40. The molecule has 2 aliphatic rings. The van der Waals surface area contributed by atoms with Gasteiger partial charge in [0.05, 0.1) is 0 Å². The van der Waals surface area contributed by atoms with Crippen LogP contribution in [0.4, 0.5) is 0 Å². The van der Waals surface area contributed by atoms with E-state index in [1.165, 1.54) is 75.6 Å². The SMILES string of the molecule is CCCc1nc2c(c3c1CCCC3)CCCC2. The normalized spacial score (nSPS) is 18.6. The van der Waals surface area contributed by atoms with Crippen molar-refractivity contribution in [3.8, 4) is 0 Å². The average molecular weight is 229 g/mol. The van der Waals surface area contributed by atoms with Crippen LogP contribution in [0.3, 0.4) is 0 Å². The van der Waals surface area contributed by atoms with Gasteiger partial charge in [-0.3, -0.25) is 4.98 Å². The van der Waals surface area contributed by atoms with Crippen molar-refractivity contribution in [3.63, 3.8) is 0 Å². The third-order valence-electron chi connectivity index (χ3n) is 4.38. The third-order valence-corrected chi connectivity index (χ3v) is 4.38. The molecule has 0 atom stereocenters. The van der Waals surface area contributed by atoms with Gasteiger partial charge in [0.2, 0.25) is 0 Å². The summed E-state index contributed by atoms with van der Waals surface area (Å²) < 4.78 is 0. The lowest BCUT2D eigenvalue weighted by atomic mass is 9.82. The van der Waals surface area contributed by atoms with Gasteiger partial charge in [-0.1, -0.05) is 13.3 Å². The molecule has 1 heteroatoms. The first-order valence-corrected chi connectivity index (χ1v) is 7.42. The summed E-state index contributed by atoms with van der Waals surface area (Å²) in [4.78, 5) is 5.02.